The predicted octanol–water partition coefficient (Wildman–Crippen LogP) is 3.14. The molecule has 9 heteroatoms. The van der Waals surface area contributed by atoms with E-state index in [1.807, 2.05) is 6.07 Å². The predicted molar refractivity (Wildman–Crippen MR) is 104 cm³/mol. The lowest BCUT2D eigenvalue weighted by molar-refractivity contribution is -0.146. The molecule has 0 spiro atoms. The lowest BCUT2D eigenvalue weighted by Gasteiger charge is -2.06. The number of carbonyl (C=O) groups is 1. The van der Waals surface area contributed by atoms with Crippen LogP contribution in [-0.2, 0) is 4.79 Å². The first-order chi connectivity index (χ1) is 13.0. The molecule has 1 atom stereocenters. The molecule has 1 unspecified atom stereocenters. The van der Waals surface area contributed by atoms with Gasteiger partial charge >= 0.3 is 5.97 Å². The molecule has 0 bridgehead atoms. The third kappa shape index (κ3) is 3.53. The van der Waals surface area contributed by atoms with Crippen molar-refractivity contribution < 1.29 is 17.9 Å². The van der Waals surface area contributed by atoms with Crippen molar-refractivity contribution in [3.05, 3.63) is 40.5 Å². The van der Waals surface area contributed by atoms with Gasteiger partial charge in [-0.05, 0) is 25.0 Å². The number of nitrogens with zero attached hydrogens (tertiary/aromatic N) is 3. The summed E-state index contributed by atoms with van der Waals surface area (Å²) in [6.07, 6.45) is 7.82. The minimum atomic E-state index is -1.57. The monoisotopic (exact) mass is 385 g/mol. The van der Waals surface area contributed by atoms with Crippen LogP contribution in [-0.4, -0.2) is 36.3 Å². The molecule has 27 heavy (non-hydrogen) atoms. The van der Waals surface area contributed by atoms with Crippen LogP contribution in [0.15, 0.2) is 24.4 Å². The van der Waals surface area contributed by atoms with Gasteiger partial charge in [-0.15, -0.1) is 17.8 Å². The molecular formula is C18H19N5O3S. The van der Waals surface area contributed by atoms with Crippen LogP contribution in [0.5, 0.6) is 0 Å². The van der Waals surface area contributed by atoms with E-state index in [0.717, 1.165) is 29.9 Å². The van der Waals surface area contributed by atoms with Crippen LogP contribution >= 0.6 is 11.3 Å². The van der Waals surface area contributed by atoms with Gasteiger partial charge in [-0.2, -0.15) is 5.10 Å². The van der Waals surface area contributed by atoms with Crippen molar-refractivity contribution in [2.24, 2.45) is 0 Å². The molecule has 8 nitrogen and oxygen atoms in total. The molecule has 1 fully saturated rings. The smallest absolute Gasteiger partial charge is 0.338 e. The number of hydrogen-bond acceptors (Lipinski definition) is 7. The zero-order valence-corrected chi connectivity index (χ0v) is 14.8. The maximum absolute atomic E-state index is 10.9. The van der Waals surface area contributed by atoms with Crippen molar-refractivity contribution in [3.8, 4) is 23.0 Å². The van der Waals surface area contributed by atoms with Crippen molar-refractivity contribution >= 4 is 28.9 Å². The van der Waals surface area contributed by atoms with Gasteiger partial charge in [0.1, 0.15) is 0 Å². The van der Waals surface area contributed by atoms with E-state index < -0.39 is 12.1 Å². The van der Waals surface area contributed by atoms with Gasteiger partial charge in [0.05, 0.1) is 10.4 Å². The molecule has 1 aliphatic rings. The molecule has 4 N–H and O–H groups in total. The minimum Gasteiger partial charge on any atom is -0.479 e. The number of carboxylic acids is 1. The minimum absolute atomic E-state index is 0. The number of aromatic nitrogens is 4. The SMILES string of the molecule is C#Cc1cnc(-c2ccc(C(O)C(=O)O)s2)nc1Nc1cc(C2CC2)[nH]n1.[HH].[HH]. The summed E-state index contributed by atoms with van der Waals surface area (Å²) >= 11 is 1.11. The van der Waals surface area contributed by atoms with E-state index in [9.17, 15) is 9.90 Å². The summed E-state index contributed by atoms with van der Waals surface area (Å²) in [5.74, 6) is 3.21. The van der Waals surface area contributed by atoms with Gasteiger partial charge in [-0.25, -0.2) is 14.8 Å². The number of H-pyrrole nitrogens is 1. The zero-order chi connectivity index (χ0) is 19.0. The number of aliphatic hydroxyl groups is 1. The normalized spacial score (nSPS) is 14.5. The first kappa shape index (κ1) is 17.2. The first-order valence-corrected chi connectivity index (χ1v) is 9.03. The number of nitrogens with one attached hydrogen (secondary N) is 2. The summed E-state index contributed by atoms with van der Waals surface area (Å²) in [6, 6.07) is 5.15. The quantitative estimate of drug-likeness (QED) is 0.481. The second-order valence-corrected chi connectivity index (χ2v) is 7.27. The molecule has 4 rings (SSSR count). The Labute approximate surface area is 161 Å². The van der Waals surface area contributed by atoms with E-state index in [0.29, 0.717) is 38.7 Å². The largest absolute Gasteiger partial charge is 0.479 e. The number of aliphatic carboxylic acids is 1. The number of thiophene rings is 1. The first-order valence-electron chi connectivity index (χ1n) is 8.22. The number of rotatable bonds is 6. The summed E-state index contributed by atoms with van der Waals surface area (Å²) in [4.78, 5) is 20.6. The molecular weight excluding hydrogens is 366 g/mol. The average molecular weight is 385 g/mol. The van der Waals surface area contributed by atoms with E-state index in [2.05, 4.69) is 31.4 Å². The molecule has 0 amide bonds. The highest BCUT2D eigenvalue weighted by molar-refractivity contribution is 7.15. The van der Waals surface area contributed by atoms with Crippen molar-refractivity contribution in [2.45, 2.75) is 24.9 Å². The topological polar surface area (TPSA) is 124 Å². The summed E-state index contributed by atoms with van der Waals surface area (Å²) in [6.45, 7) is 0. The molecule has 1 saturated carbocycles. The van der Waals surface area contributed by atoms with E-state index in [4.69, 9.17) is 11.5 Å². The van der Waals surface area contributed by atoms with Gasteiger partial charge in [0.2, 0.25) is 0 Å². The average Bonchev–Trinajstić information content (AvgIpc) is 3.21. The summed E-state index contributed by atoms with van der Waals surface area (Å²) in [5, 5.41) is 28.9. The fraction of sp³-hybridized carbons (Fsp3) is 0.222. The lowest BCUT2D eigenvalue weighted by Crippen LogP contribution is -2.08. The van der Waals surface area contributed by atoms with Crippen LogP contribution in [0.2, 0.25) is 0 Å². The highest BCUT2D eigenvalue weighted by atomic mass is 32.1. The van der Waals surface area contributed by atoms with Crippen molar-refractivity contribution in [1.82, 2.24) is 20.2 Å². The van der Waals surface area contributed by atoms with E-state index in [1.54, 1.807) is 12.1 Å². The van der Waals surface area contributed by atoms with Crippen LogP contribution < -0.4 is 5.32 Å². The summed E-state index contributed by atoms with van der Waals surface area (Å²) < 4.78 is 0. The number of hydrogen-bond donors (Lipinski definition) is 4. The Bertz CT molecular complexity index is 1060. The maximum Gasteiger partial charge on any atom is 0.338 e. The van der Waals surface area contributed by atoms with E-state index in [-0.39, 0.29) is 2.85 Å². The van der Waals surface area contributed by atoms with E-state index >= 15 is 0 Å². The Balaban J connectivity index is 0.00000150. The number of aliphatic hydroxyl groups excluding tert-OH is 1. The van der Waals surface area contributed by atoms with Gasteiger partial charge in [-0.3, -0.25) is 5.10 Å². The fourth-order valence-corrected chi connectivity index (χ4v) is 3.50. The summed E-state index contributed by atoms with van der Waals surface area (Å²) in [5.41, 5.74) is 1.57. The highest BCUT2D eigenvalue weighted by Gasteiger charge is 2.25. The second kappa shape index (κ2) is 6.83. The molecule has 140 valence electrons. The highest BCUT2D eigenvalue weighted by Crippen LogP contribution is 2.39. The molecule has 0 saturated heterocycles. The molecule has 3 aromatic rings. The number of aromatic amines is 1. The van der Waals surface area contributed by atoms with Crippen molar-refractivity contribution in [2.75, 3.05) is 5.32 Å². The second-order valence-electron chi connectivity index (χ2n) is 6.15. The van der Waals surface area contributed by atoms with Crippen LogP contribution in [0, 0.1) is 12.3 Å². The molecule has 1 aliphatic carbocycles. The Hall–Kier alpha value is -3.22. The van der Waals surface area contributed by atoms with Gasteiger partial charge in [0, 0.05) is 31.6 Å². The summed E-state index contributed by atoms with van der Waals surface area (Å²) in [7, 11) is 0. The third-order valence-electron chi connectivity index (χ3n) is 4.16. The Morgan fingerprint density at radius 2 is 2.30 bits per heavy atom. The van der Waals surface area contributed by atoms with Gasteiger partial charge in [-0.1, -0.05) is 5.92 Å². The van der Waals surface area contributed by atoms with Crippen LogP contribution in [0.3, 0.4) is 0 Å². The number of anilines is 2. The molecule has 0 aliphatic heterocycles. The molecule has 0 aromatic carbocycles. The Kier molecular flexibility index (Phi) is 4.35. The zero-order valence-electron chi connectivity index (χ0n) is 14.0. The third-order valence-corrected chi connectivity index (χ3v) is 5.29. The van der Waals surface area contributed by atoms with Gasteiger partial charge in [0.15, 0.2) is 23.6 Å². The standard InChI is InChI=1S/C18H15N5O3S.2H2/c1-2-9-8-19-17(13-6-5-12(27-13)15(24)18(25)26)21-16(9)20-14-7-11(22-23-14)10-3-4-10;;/h1,5-8,10,15,24H,3-4H2,(H,25,26)(H2,19,20,21,22,23);2*1H. The van der Waals surface area contributed by atoms with Crippen LogP contribution in [0.1, 0.15) is 43.9 Å². The molecule has 3 aromatic heterocycles. The lowest BCUT2D eigenvalue weighted by atomic mass is 10.3. The van der Waals surface area contributed by atoms with E-state index in [1.165, 1.54) is 6.20 Å². The van der Waals surface area contributed by atoms with Crippen LogP contribution in [0.4, 0.5) is 11.6 Å². The van der Waals surface area contributed by atoms with Crippen LogP contribution in [0.25, 0.3) is 10.7 Å². The Morgan fingerprint density at radius 1 is 1.48 bits per heavy atom. The molecule has 0 radical (unpaired) electrons. The number of terminal acetylenes is 1. The van der Waals surface area contributed by atoms with Crippen molar-refractivity contribution in [3.63, 3.8) is 0 Å². The van der Waals surface area contributed by atoms with Gasteiger partial charge in [0.25, 0.3) is 0 Å². The number of carboxylic acid groups (broad SMARTS) is 1. The Morgan fingerprint density at radius 3 is 3.00 bits per heavy atom. The maximum atomic E-state index is 10.9. The van der Waals surface area contributed by atoms with Gasteiger partial charge < -0.3 is 15.5 Å². The molecule has 3 heterocycles. The van der Waals surface area contributed by atoms with Crippen molar-refractivity contribution in [1.29, 1.82) is 0 Å². The fourth-order valence-electron chi connectivity index (χ4n) is 2.57.